The van der Waals surface area contributed by atoms with Gasteiger partial charge in [-0.15, -0.1) is 0 Å². The monoisotopic (exact) mass is 210 g/mol. The van der Waals surface area contributed by atoms with Crippen LogP contribution in [0, 0.1) is 0 Å². The van der Waals surface area contributed by atoms with E-state index in [4.69, 9.17) is 5.73 Å². The Bertz CT molecular complexity index is 348. The standard InChI is InChI=1S/C10H18N4O/c1-3-10(4-2,6-11)14-8-5-9(15)13-7-12-8/h5,7H,3-4,6,11H2,1-2H3,(H2,12,13,14,15). The van der Waals surface area contributed by atoms with Crippen LogP contribution < -0.4 is 16.6 Å². The number of nitrogens with zero attached hydrogens (tertiary/aromatic N) is 1. The number of anilines is 1. The van der Waals surface area contributed by atoms with Gasteiger partial charge in [0.25, 0.3) is 5.56 Å². The van der Waals surface area contributed by atoms with E-state index in [-0.39, 0.29) is 11.1 Å². The summed E-state index contributed by atoms with van der Waals surface area (Å²) in [5.74, 6) is 0.577. The lowest BCUT2D eigenvalue weighted by Gasteiger charge is -2.31. The SMILES string of the molecule is CCC(CC)(CN)Nc1cc(=O)[nH]cn1. The van der Waals surface area contributed by atoms with Crippen LogP contribution in [0.4, 0.5) is 5.82 Å². The summed E-state index contributed by atoms with van der Waals surface area (Å²) in [4.78, 5) is 17.6. The van der Waals surface area contributed by atoms with Crippen molar-refractivity contribution in [1.29, 1.82) is 0 Å². The number of nitrogens with one attached hydrogen (secondary N) is 2. The smallest absolute Gasteiger partial charge is 0.252 e. The summed E-state index contributed by atoms with van der Waals surface area (Å²) < 4.78 is 0. The fourth-order valence-corrected chi connectivity index (χ4v) is 1.48. The van der Waals surface area contributed by atoms with E-state index in [1.54, 1.807) is 0 Å². The fraction of sp³-hybridized carbons (Fsp3) is 0.600. The van der Waals surface area contributed by atoms with Crippen LogP contribution in [0.2, 0.25) is 0 Å². The molecule has 84 valence electrons. The lowest BCUT2D eigenvalue weighted by molar-refractivity contribution is 0.443. The molecule has 0 radical (unpaired) electrons. The van der Waals surface area contributed by atoms with Crippen LogP contribution in [0.3, 0.4) is 0 Å². The second-order valence-electron chi connectivity index (χ2n) is 3.61. The molecule has 1 rings (SSSR count). The van der Waals surface area contributed by atoms with Crippen LogP contribution in [-0.4, -0.2) is 22.1 Å². The van der Waals surface area contributed by atoms with Crippen molar-refractivity contribution in [3.63, 3.8) is 0 Å². The molecule has 0 aliphatic rings. The molecule has 0 unspecified atom stereocenters. The molecule has 0 atom stereocenters. The topological polar surface area (TPSA) is 83.8 Å². The summed E-state index contributed by atoms with van der Waals surface area (Å²) in [7, 11) is 0. The van der Waals surface area contributed by atoms with Crippen molar-refractivity contribution in [1.82, 2.24) is 9.97 Å². The minimum atomic E-state index is -0.166. The van der Waals surface area contributed by atoms with E-state index in [0.29, 0.717) is 12.4 Å². The molecule has 0 saturated heterocycles. The van der Waals surface area contributed by atoms with Gasteiger partial charge in [-0.2, -0.15) is 0 Å². The van der Waals surface area contributed by atoms with Crippen LogP contribution in [-0.2, 0) is 0 Å². The maximum Gasteiger partial charge on any atom is 0.252 e. The van der Waals surface area contributed by atoms with Crippen molar-refractivity contribution in [3.8, 4) is 0 Å². The van der Waals surface area contributed by atoms with Gasteiger partial charge in [0.15, 0.2) is 0 Å². The first kappa shape index (κ1) is 11.7. The highest BCUT2D eigenvalue weighted by molar-refractivity contribution is 5.35. The Labute approximate surface area is 89.1 Å². The molecule has 0 fully saturated rings. The zero-order valence-electron chi connectivity index (χ0n) is 9.21. The van der Waals surface area contributed by atoms with Gasteiger partial charge in [0, 0.05) is 12.6 Å². The third-order valence-corrected chi connectivity index (χ3v) is 2.82. The molecule has 5 nitrogen and oxygen atoms in total. The largest absolute Gasteiger partial charge is 0.363 e. The first-order valence-electron chi connectivity index (χ1n) is 5.19. The number of aromatic nitrogens is 2. The van der Waals surface area contributed by atoms with Gasteiger partial charge in [0.1, 0.15) is 5.82 Å². The maximum atomic E-state index is 11.1. The van der Waals surface area contributed by atoms with Gasteiger partial charge in [0.2, 0.25) is 0 Å². The Balaban J connectivity index is 2.87. The maximum absolute atomic E-state index is 11.1. The van der Waals surface area contributed by atoms with Gasteiger partial charge >= 0.3 is 0 Å². The summed E-state index contributed by atoms with van der Waals surface area (Å²) in [6.45, 7) is 4.65. The first-order chi connectivity index (χ1) is 7.15. The highest BCUT2D eigenvalue weighted by Crippen LogP contribution is 2.18. The zero-order chi connectivity index (χ0) is 11.3. The molecule has 0 spiro atoms. The van der Waals surface area contributed by atoms with Crippen molar-refractivity contribution in [3.05, 3.63) is 22.7 Å². The third-order valence-electron chi connectivity index (χ3n) is 2.82. The van der Waals surface area contributed by atoms with Crippen molar-refractivity contribution in [2.45, 2.75) is 32.2 Å². The molecule has 0 amide bonds. The molecule has 0 bridgehead atoms. The van der Waals surface area contributed by atoms with Crippen molar-refractivity contribution < 1.29 is 0 Å². The summed E-state index contributed by atoms with van der Waals surface area (Å²) in [5, 5.41) is 3.23. The van der Waals surface area contributed by atoms with Gasteiger partial charge in [-0.25, -0.2) is 4.98 Å². The highest BCUT2D eigenvalue weighted by atomic mass is 16.1. The van der Waals surface area contributed by atoms with Crippen LogP contribution in [0.1, 0.15) is 26.7 Å². The fourth-order valence-electron chi connectivity index (χ4n) is 1.48. The molecule has 1 heterocycles. The number of nitrogens with two attached hydrogens (primary N) is 1. The van der Waals surface area contributed by atoms with E-state index >= 15 is 0 Å². The first-order valence-corrected chi connectivity index (χ1v) is 5.19. The Morgan fingerprint density at radius 1 is 1.53 bits per heavy atom. The van der Waals surface area contributed by atoms with E-state index in [1.165, 1.54) is 12.4 Å². The Morgan fingerprint density at radius 2 is 2.20 bits per heavy atom. The third kappa shape index (κ3) is 2.79. The molecular weight excluding hydrogens is 192 g/mol. The molecular formula is C10H18N4O. The summed E-state index contributed by atoms with van der Waals surface area (Å²) in [5.41, 5.74) is 5.41. The van der Waals surface area contributed by atoms with E-state index in [2.05, 4.69) is 29.1 Å². The molecule has 1 aromatic rings. The normalized spacial score (nSPS) is 11.4. The van der Waals surface area contributed by atoms with E-state index in [9.17, 15) is 4.79 Å². The van der Waals surface area contributed by atoms with E-state index in [1.807, 2.05) is 0 Å². The van der Waals surface area contributed by atoms with Crippen LogP contribution >= 0.6 is 0 Å². The molecule has 0 aliphatic carbocycles. The van der Waals surface area contributed by atoms with Crippen molar-refractivity contribution in [2.24, 2.45) is 5.73 Å². The summed E-state index contributed by atoms with van der Waals surface area (Å²) in [6, 6.07) is 1.44. The number of H-pyrrole nitrogens is 1. The van der Waals surface area contributed by atoms with Gasteiger partial charge in [-0.3, -0.25) is 4.79 Å². The number of hydrogen-bond donors (Lipinski definition) is 3. The lowest BCUT2D eigenvalue weighted by Crippen LogP contribution is -2.44. The number of hydrogen-bond acceptors (Lipinski definition) is 4. The molecule has 4 N–H and O–H groups in total. The highest BCUT2D eigenvalue weighted by Gasteiger charge is 2.24. The molecule has 1 aromatic heterocycles. The quantitative estimate of drug-likeness (QED) is 0.668. The average Bonchev–Trinajstić information content (AvgIpc) is 2.26. The predicted molar refractivity (Wildman–Crippen MR) is 60.8 cm³/mol. The zero-order valence-corrected chi connectivity index (χ0v) is 9.21. The van der Waals surface area contributed by atoms with Crippen LogP contribution in [0.5, 0.6) is 0 Å². The van der Waals surface area contributed by atoms with Crippen LogP contribution in [0.15, 0.2) is 17.2 Å². The predicted octanol–water partition coefficient (Wildman–Crippen LogP) is 0.699. The molecule has 15 heavy (non-hydrogen) atoms. The van der Waals surface area contributed by atoms with Gasteiger partial charge in [-0.05, 0) is 12.8 Å². The van der Waals surface area contributed by atoms with Crippen molar-refractivity contribution >= 4 is 5.82 Å². The Hall–Kier alpha value is -1.36. The molecule has 0 aliphatic heterocycles. The summed E-state index contributed by atoms with van der Waals surface area (Å²) >= 11 is 0. The average molecular weight is 210 g/mol. The molecule has 0 aromatic carbocycles. The second-order valence-corrected chi connectivity index (χ2v) is 3.61. The van der Waals surface area contributed by atoms with Crippen LogP contribution in [0.25, 0.3) is 0 Å². The van der Waals surface area contributed by atoms with E-state index in [0.717, 1.165) is 12.8 Å². The van der Waals surface area contributed by atoms with E-state index < -0.39 is 0 Å². The van der Waals surface area contributed by atoms with Gasteiger partial charge in [-0.1, -0.05) is 13.8 Å². The molecule has 5 heteroatoms. The number of rotatable bonds is 5. The minimum Gasteiger partial charge on any atom is -0.363 e. The Kier molecular flexibility index (Phi) is 3.85. The Morgan fingerprint density at radius 3 is 2.67 bits per heavy atom. The van der Waals surface area contributed by atoms with Gasteiger partial charge < -0.3 is 16.0 Å². The lowest BCUT2D eigenvalue weighted by atomic mass is 9.93. The second kappa shape index (κ2) is 4.93. The summed E-state index contributed by atoms with van der Waals surface area (Å²) in [6.07, 6.45) is 3.18. The van der Waals surface area contributed by atoms with Gasteiger partial charge in [0.05, 0.1) is 11.9 Å². The minimum absolute atomic E-state index is 0.161. The van der Waals surface area contributed by atoms with Crippen molar-refractivity contribution in [2.75, 3.05) is 11.9 Å². The molecule has 0 saturated carbocycles. The number of aromatic amines is 1.